The third-order valence-corrected chi connectivity index (χ3v) is 3.51. The quantitative estimate of drug-likeness (QED) is 0.605. The van der Waals surface area contributed by atoms with Crippen LogP contribution in [0.1, 0.15) is 43.2 Å². The Hall–Kier alpha value is -1.65. The van der Waals surface area contributed by atoms with Gasteiger partial charge >= 0.3 is 5.97 Å². The van der Waals surface area contributed by atoms with Crippen LogP contribution >= 0.6 is 0 Å². The highest BCUT2D eigenvalue weighted by Crippen LogP contribution is 2.33. The van der Waals surface area contributed by atoms with Crippen LogP contribution in [0.25, 0.3) is 0 Å². The molecule has 1 aliphatic heterocycles. The van der Waals surface area contributed by atoms with Crippen molar-refractivity contribution in [3.8, 4) is 0 Å². The third kappa shape index (κ3) is 2.30. The number of nitrogens with zero attached hydrogens (tertiary/aromatic N) is 2. The van der Waals surface area contributed by atoms with E-state index in [-0.39, 0.29) is 17.7 Å². The standard InChI is InChI=1S/C13H18N2O3/c1-8-11(9(2)16)7-15(14-8)6-10-5-12(17)18-13(10,3)4/h7,10H,5-6H2,1-4H3/t10-/m1/s1. The Morgan fingerprint density at radius 1 is 1.61 bits per heavy atom. The van der Waals surface area contributed by atoms with Crippen LogP contribution in [0, 0.1) is 12.8 Å². The molecule has 0 N–H and O–H groups in total. The van der Waals surface area contributed by atoms with Crippen molar-refractivity contribution in [2.24, 2.45) is 5.92 Å². The third-order valence-electron chi connectivity index (χ3n) is 3.51. The molecule has 1 atom stereocenters. The molecule has 0 radical (unpaired) electrons. The van der Waals surface area contributed by atoms with Crippen molar-refractivity contribution < 1.29 is 14.3 Å². The van der Waals surface area contributed by atoms with Crippen LogP contribution in [-0.2, 0) is 16.1 Å². The number of ether oxygens (including phenoxy) is 1. The van der Waals surface area contributed by atoms with E-state index in [4.69, 9.17) is 4.74 Å². The van der Waals surface area contributed by atoms with Crippen molar-refractivity contribution in [2.75, 3.05) is 0 Å². The molecule has 5 heteroatoms. The molecule has 0 saturated carbocycles. The molecule has 1 fully saturated rings. The summed E-state index contributed by atoms with van der Waals surface area (Å²) in [5.41, 5.74) is 0.899. The van der Waals surface area contributed by atoms with Gasteiger partial charge in [0.2, 0.25) is 0 Å². The summed E-state index contributed by atoms with van der Waals surface area (Å²) < 4.78 is 7.01. The van der Waals surface area contributed by atoms with E-state index in [1.54, 1.807) is 10.9 Å². The van der Waals surface area contributed by atoms with Crippen LogP contribution in [0.15, 0.2) is 6.20 Å². The van der Waals surface area contributed by atoms with Gasteiger partial charge in [0.05, 0.1) is 17.7 Å². The lowest BCUT2D eigenvalue weighted by Gasteiger charge is -2.24. The van der Waals surface area contributed by atoms with E-state index in [9.17, 15) is 9.59 Å². The van der Waals surface area contributed by atoms with Crippen LogP contribution in [0.3, 0.4) is 0 Å². The predicted molar refractivity (Wildman–Crippen MR) is 65.2 cm³/mol. The number of carbonyl (C=O) groups excluding carboxylic acids is 2. The summed E-state index contributed by atoms with van der Waals surface area (Å²) in [4.78, 5) is 22.7. The van der Waals surface area contributed by atoms with Crippen LogP contribution in [0.4, 0.5) is 0 Å². The first-order valence-corrected chi connectivity index (χ1v) is 6.06. The Kier molecular flexibility index (Phi) is 3.00. The van der Waals surface area contributed by atoms with Crippen LogP contribution in [-0.4, -0.2) is 27.1 Å². The molecular formula is C13H18N2O3. The second kappa shape index (κ2) is 4.23. The first-order valence-electron chi connectivity index (χ1n) is 6.06. The van der Waals surface area contributed by atoms with Crippen LogP contribution < -0.4 is 0 Å². The second-order valence-corrected chi connectivity index (χ2v) is 5.38. The largest absolute Gasteiger partial charge is 0.459 e. The molecule has 0 bridgehead atoms. The summed E-state index contributed by atoms with van der Waals surface area (Å²) in [5.74, 6) is -0.0680. The van der Waals surface area contributed by atoms with Gasteiger partial charge in [-0.25, -0.2) is 0 Å². The zero-order valence-corrected chi connectivity index (χ0v) is 11.2. The number of cyclic esters (lactones) is 1. The van der Waals surface area contributed by atoms with E-state index >= 15 is 0 Å². The minimum Gasteiger partial charge on any atom is -0.459 e. The molecule has 1 aromatic heterocycles. The molecule has 0 aliphatic carbocycles. The molecule has 0 aromatic carbocycles. The molecule has 98 valence electrons. The average Bonchev–Trinajstić information content (AvgIpc) is 2.68. The minimum atomic E-state index is -0.465. The zero-order valence-electron chi connectivity index (χ0n) is 11.2. The molecule has 1 aromatic rings. The highest BCUT2D eigenvalue weighted by atomic mass is 16.6. The fraction of sp³-hybridized carbons (Fsp3) is 0.615. The first-order chi connectivity index (χ1) is 8.29. The molecule has 2 rings (SSSR count). The molecule has 2 heterocycles. The van der Waals surface area contributed by atoms with Crippen LogP contribution in [0.2, 0.25) is 0 Å². The van der Waals surface area contributed by atoms with E-state index in [0.29, 0.717) is 18.5 Å². The molecule has 0 unspecified atom stereocenters. The number of hydrogen-bond donors (Lipinski definition) is 0. The summed E-state index contributed by atoms with van der Waals surface area (Å²) in [6.45, 7) is 7.75. The molecule has 5 nitrogen and oxygen atoms in total. The molecular weight excluding hydrogens is 232 g/mol. The average molecular weight is 250 g/mol. The number of aryl methyl sites for hydroxylation is 1. The van der Waals surface area contributed by atoms with E-state index in [2.05, 4.69) is 5.10 Å². The van der Waals surface area contributed by atoms with Crippen LogP contribution in [0.5, 0.6) is 0 Å². The maximum Gasteiger partial charge on any atom is 0.306 e. The number of Topliss-reactive ketones (excluding diaryl/α,β-unsaturated/α-hetero) is 1. The topological polar surface area (TPSA) is 61.2 Å². The van der Waals surface area contributed by atoms with Gasteiger partial charge < -0.3 is 4.74 Å². The molecule has 1 aliphatic rings. The summed E-state index contributed by atoms with van der Waals surface area (Å²) in [5, 5.41) is 4.31. The van der Waals surface area contributed by atoms with Gasteiger partial charge in [0.25, 0.3) is 0 Å². The van der Waals surface area contributed by atoms with Crippen molar-refractivity contribution in [1.82, 2.24) is 9.78 Å². The van der Waals surface area contributed by atoms with E-state index in [1.807, 2.05) is 20.8 Å². The number of rotatable bonds is 3. The highest BCUT2D eigenvalue weighted by molar-refractivity contribution is 5.94. The molecule has 0 spiro atoms. The van der Waals surface area contributed by atoms with Gasteiger partial charge in [-0.05, 0) is 27.7 Å². The summed E-state index contributed by atoms with van der Waals surface area (Å²) in [6.07, 6.45) is 2.15. The fourth-order valence-electron chi connectivity index (χ4n) is 2.33. The predicted octanol–water partition coefficient (Wildman–Crippen LogP) is 1.74. The van der Waals surface area contributed by atoms with Gasteiger partial charge in [-0.3, -0.25) is 14.3 Å². The van der Waals surface area contributed by atoms with Crippen molar-refractivity contribution in [2.45, 2.75) is 46.3 Å². The van der Waals surface area contributed by atoms with Crippen molar-refractivity contribution >= 4 is 11.8 Å². The monoisotopic (exact) mass is 250 g/mol. The van der Waals surface area contributed by atoms with E-state index in [0.717, 1.165) is 5.69 Å². The zero-order chi connectivity index (χ0) is 13.5. The van der Waals surface area contributed by atoms with Crippen molar-refractivity contribution in [3.05, 3.63) is 17.5 Å². The normalized spacial score (nSPS) is 22.0. The summed E-state index contributed by atoms with van der Waals surface area (Å²) in [7, 11) is 0. The van der Waals surface area contributed by atoms with Gasteiger partial charge in [-0.15, -0.1) is 0 Å². The van der Waals surface area contributed by atoms with E-state index in [1.165, 1.54) is 6.92 Å². The van der Waals surface area contributed by atoms with Gasteiger partial charge in [0.1, 0.15) is 5.60 Å². The van der Waals surface area contributed by atoms with Gasteiger partial charge in [0.15, 0.2) is 5.78 Å². The number of ketones is 1. The maximum atomic E-state index is 11.4. The van der Waals surface area contributed by atoms with Gasteiger partial charge in [-0.2, -0.15) is 5.10 Å². The lowest BCUT2D eigenvalue weighted by Crippen LogP contribution is -2.30. The second-order valence-electron chi connectivity index (χ2n) is 5.38. The van der Waals surface area contributed by atoms with Crippen molar-refractivity contribution in [3.63, 3.8) is 0 Å². The Morgan fingerprint density at radius 3 is 2.72 bits per heavy atom. The minimum absolute atomic E-state index is 0.0109. The smallest absolute Gasteiger partial charge is 0.306 e. The summed E-state index contributed by atoms with van der Waals surface area (Å²) in [6, 6.07) is 0. The lowest BCUT2D eigenvalue weighted by molar-refractivity contribution is -0.146. The van der Waals surface area contributed by atoms with E-state index < -0.39 is 5.60 Å². The van der Waals surface area contributed by atoms with Gasteiger partial charge in [-0.1, -0.05) is 0 Å². The number of hydrogen-bond acceptors (Lipinski definition) is 4. The SMILES string of the molecule is CC(=O)c1cn(C[C@H]2CC(=O)OC2(C)C)nc1C. The fourth-order valence-corrected chi connectivity index (χ4v) is 2.33. The first kappa shape index (κ1) is 12.8. The Bertz CT molecular complexity index is 502. The Labute approximate surface area is 106 Å². The lowest BCUT2D eigenvalue weighted by atomic mass is 9.91. The highest BCUT2D eigenvalue weighted by Gasteiger charge is 2.41. The van der Waals surface area contributed by atoms with Gasteiger partial charge in [0, 0.05) is 18.7 Å². The van der Waals surface area contributed by atoms with Crippen molar-refractivity contribution in [1.29, 1.82) is 0 Å². The molecule has 1 saturated heterocycles. The number of carbonyl (C=O) groups is 2. The molecule has 18 heavy (non-hydrogen) atoms. The number of aromatic nitrogens is 2. The number of esters is 1. The maximum absolute atomic E-state index is 11.4. The Balaban J connectivity index is 2.17. The molecule has 0 amide bonds. The Morgan fingerprint density at radius 2 is 2.28 bits per heavy atom. The summed E-state index contributed by atoms with van der Waals surface area (Å²) >= 11 is 0.